The van der Waals surface area contributed by atoms with Gasteiger partial charge in [0.2, 0.25) is 0 Å². The van der Waals surface area contributed by atoms with Crippen LogP contribution < -0.4 is 5.56 Å². The summed E-state index contributed by atoms with van der Waals surface area (Å²) in [6.07, 6.45) is 4.65. The highest BCUT2D eigenvalue weighted by Crippen LogP contribution is 2.36. The van der Waals surface area contributed by atoms with Crippen molar-refractivity contribution in [2.75, 3.05) is 0 Å². The molecule has 0 saturated heterocycles. The van der Waals surface area contributed by atoms with Gasteiger partial charge in [-0.1, -0.05) is 40.4 Å². The van der Waals surface area contributed by atoms with E-state index in [-0.39, 0.29) is 5.56 Å². The van der Waals surface area contributed by atoms with Crippen LogP contribution in [0.25, 0.3) is 11.4 Å². The standard InChI is InChI=1S/C15H13BrClIN2O/c16-11-6-5-9(17)7-10(11)14-19-13(8-3-1-2-4-8)12(18)15(21)20-14/h5-8H,1-4H2,(H,19,20,21). The fourth-order valence-corrected chi connectivity index (χ4v) is 4.05. The number of hydrogen-bond donors (Lipinski definition) is 1. The molecule has 0 bridgehead atoms. The van der Waals surface area contributed by atoms with Gasteiger partial charge in [-0.15, -0.1) is 0 Å². The smallest absolute Gasteiger partial charge is 0.264 e. The van der Waals surface area contributed by atoms with Crippen LogP contribution in [0.3, 0.4) is 0 Å². The van der Waals surface area contributed by atoms with E-state index in [9.17, 15) is 4.79 Å². The van der Waals surface area contributed by atoms with Crippen LogP contribution in [0.15, 0.2) is 27.5 Å². The molecule has 1 aliphatic rings. The van der Waals surface area contributed by atoms with Gasteiger partial charge in [0, 0.05) is 21.0 Å². The number of rotatable bonds is 2. The van der Waals surface area contributed by atoms with E-state index in [4.69, 9.17) is 16.6 Å². The molecule has 0 atom stereocenters. The molecule has 1 aliphatic carbocycles. The van der Waals surface area contributed by atoms with Crippen LogP contribution in [0.2, 0.25) is 5.02 Å². The van der Waals surface area contributed by atoms with Gasteiger partial charge in [-0.25, -0.2) is 4.98 Å². The minimum atomic E-state index is -0.0747. The van der Waals surface area contributed by atoms with Gasteiger partial charge in [0.25, 0.3) is 5.56 Å². The number of aromatic nitrogens is 2. The summed E-state index contributed by atoms with van der Waals surface area (Å²) in [5, 5.41) is 0.622. The van der Waals surface area contributed by atoms with E-state index in [0.717, 1.165) is 28.6 Å². The third kappa shape index (κ3) is 3.19. The molecule has 1 saturated carbocycles. The van der Waals surface area contributed by atoms with Gasteiger partial charge >= 0.3 is 0 Å². The minimum Gasteiger partial charge on any atom is -0.306 e. The number of aromatic amines is 1. The lowest BCUT2D eigenvalue weighted by molar-refractivity contribution is 0.687. The molecule has 1 aromatic carbocycles. The van der Waals surface area contributed by atoms with E-state index in [1.165, 1.54) is 12.8 Å². The SMILES string of the molecule is O=c1[nH]c(-c2cc(Cl)ccc2Br)nc(C2CCCC2)c1I. The fourth-order valence-electron chi connectivity index (χ4n) is 2.75. The monoisotopic (exact) mass is 478 g/mol. The second-order valence-electron chi connectivity index (χ2n) is 5.22. The molecule has 0 radical (unpaired) electrons. The number of hydrogen-bond acceptors (Lipinski definition) is 2. The van der Waals surface area contributed by atoms with Crippen molar-refractivity contribution in [3.63, 3.8) is 0 Å². The molecule has 6 heteroatoms. The maximum atomic E-state index is 12.2. The highest BCUT2D eigenvalue weighted by molar-refractivity contribution is 14.1. The van der Waals surface area contributed by atoms with Crippen molar-refractivity contribution in [3.8, 4) is 11.4 Å². The summed E-state index contributed by atoms with van der Waals surface area (Å²) in [6, 6.07) is 5.48. The molecule has 1 N–H and O–H groups in total. The molecule has 0 aliphatic heterocycles. The van der Waals surface area contributed by atoms with Gasteiger partial charge < -0.3 is 4.98 Å². The molecule has 110 valence electrons. The van der Waals surface area contributed by atoms with Gasteiger partial charge in [0.05, 0.1) is 9.26 Å². The lowest BCUT2D eigenvalue weighted by Gasteiger charge is -2.13. The Morgan fingerprint density at radius 2 is 2.05 bits per heavy atom. The molecule has 0 unspecified atom stereocenters. The zero-order valence-corrected chi connectivity index (χ0v) is 15.6. The molecule has 1 aromatic heterocycles. The van der Waals surface area contributed by atoms with Gasteiger partial charge in [0.1, 0.15) is 5.82 Å². The first kappa shape index (κ1) is 15.5. The Kier molecular flexibility index (Phi) is 4.71. The number of halogens is 3. The molecule has 0 spiro atoms. The van der Waals surface area contributed by atoms with Crippen molar-refractivity contribution in [3.05, 3.63) is 47.3 Å². The highest BCUT2D eigenvalue weighted by Gasteiger charge is 2.23. The summed E-state index contributed by atoms with van der Waals surface area (Å²) < 4.78 is 1.58. The molecule has 3 rings (SSSR count). The third-order valence-corrected chi connectivity index (χ3v) is 5.78. The average Bonchev–Trinajstić information content (AvgIpc) is 2.98. The van der Waals surface area contributed by atoms with E-state index >= 15 is 0 Å². The summed E-state index contributed by atoms with van der Waals surface area (Å²) in [5.41, 5.74) is 1.67. The average molecular weight is 480 g/mol. The van der Waals surface area contributed by atoms with Gasteiger partial charge in [0.15, 0.2) is 0 Å². The van der Waals surface area contributed by atoms with Crippen molar-refractivity contribution in [1.82, 2.24) is 9.97 Å². The Hall–Kier alpha value is -0.400. The maximum Gasteiger partial charge on any atom is 0.264 e. The first-order valence-electron chi connectivity index (χ1n) is 6.81. The summed E-state index contributed by atoms with van der Waals surface area (Å²) in [7, 11) is 0. The predicted molar refractivity (Wildman–Crippen MR) is 96.9 cm³/mol. The van der Waals surface area contributed by atoms with E-state index < -0.39 is 0 Å². The van der Waals surface area contributed by atoms with Crippen molar-refractivity contribution in [1.29, 1.82) is 0 Å². The van der Waals surface area contributed by atoms with Gasteiger partial charge in [-0.2, -0.15) is 0 Å². The number of nitrogens with one attached hydrogen (secondary N) is 1. The first-order valence-corrected chi connectivity index (χ1v) is 9.06. The largest absolute Gasteiger partial charge is 0.306 e. The Bertz CT molecular complexity index is 741. The molecular weight excluding hydrogens is 466 g/mol. The van der Waals surface area contributed by atoms with Crippen molar-refractivity contribution < 1.29 is 0 Å². The van der Waals surface area contributed by atoms with Gasteiger partial charge in [-0.3, -0.25) is 4.79 Å². The molecule has 0 amide bonds. The summed E-state index contributed by atoms with van der Waals surface area (Å²) in [4.78, 5) is 19.8. The lowest BCUT2D eigenvalue weighted by atomic mass is 10.0. The minimum absolute atomic E-state index is 0.0747. The normalized spacial score (nSPS) is 15.6. The Labute approximate surface area is 149 Å². The molecular formula is C15H13BrClIN2O. The van der Waals surface area contributed by atoms with Crippen molar-refractivity contribution in [2.45, 2.75) is 31.6 Å². The second kappa shape index (κ2) is 6.38. The van der Waals surface area contributed by atoms with Gasteiger partial charge in [-0.05, 0) is 53.6 Å². The van der Waals surface area contributed by atoms with Crippen LogP contribution in [0.1, 0.15) is 37.3 Å². The Balaban J connectivity index is 2.15. The molecule has 1 fully saturated rings. The number of H-pyrrole nitrogens is 1. The van der Waals surface area contributed by atoms with Crippen LogP contribution in [-0.4, -0.2) is 9.97 Å². The number of nitrogens with zero attached hydrogens (tertiary/aromatic N) is 1. The second-order valence-corrected chi connectivity index (χ2v) is 7.59. The Morgan fingerprint density at radius 1 is 1.33 bits per heavy atom. The summed E-state index contributed by atoms with van der Waals surface area (Å²) in [6.45, 7) is 0. The van der Waals surface area contributed by atoms with Crippen LogP contribution in [0.4, 0.5) is 0 Å². The first-order chi connectivity index (χ1) is 10.1. The maximum absolute atomic E-state index is 12.2. The molecule has 21 heavy (non-hydrogen) atoms. The van der Waals surface area contributed by atoms with E-state index in [1.54, 1.807) is 6.07 Å². The summed E-state index contributed by atoms with van der Waals surface area (Å²) >= 11 is 11.7. The van der Waals surface area contributed by atoms with E-state index in [0.29, 0.717) is 20.3 Å². The zero-order chi connectivity index (χ0) is 15.0. The van der Waals surface area contributed by atoms with Crippen molar-refractivity contribution in [2.24, 2.45) is 0 Å². The topological polar surface area (TPSA) is 45.8 Å². The van der Waals surface area contributed by atoms with E-state index in [2.05, 4.69) is 43.5 Å². The van der Waals surface area contributed by atoms with E-state index in [1.807, 2.05) is 12.1 Å². The van der Waals surface area contributed by atoms with Crippen LogP contribution in [0, 0.1) is 3.57 Å². The number of benzene rings is 1. The lowest BCUT2D eigenvalue weighted by Crippen LogP contribution is -2.18. The van der Waals surface area contributed by atoms with Crippen LogP contribution >= 0.6 is 50.1 Å². The zero-order valence-electron chi connectivity index (χ0n) is 11.1. The van der Waals surface area contributed by atoms with Crippen LogP contribution in [-0.2, 0) is 0 Å². The summed E-state index contributed by atoms with van der Waals surface area (Å²) in [5.74, 6) is 0.979. The quantitative estimate of drug-likeness (QED) is 0.608. The Morgan fingerprint density at radius 3 is 2.76 bits per heavy atom. The highest BCUT2D eigenvalue weighted by atomic mass is 127. The predicted octanol–water partition coefficient (Wildman–Crippen LogP) is 5.12. The third-order valence-electron chi connectivity index (χ3n) is 3.81. The van der Waals surface area contributed by atoms with Crippen LogP contribution in [0.5, 0.6) is 0 Å². The fraction of sp³-hybridized carbons (Fsp3) is 0.333. The molecule has 2 aromatic rings. The van der Waals surface area contributed by atoms with Crippen molar-refractivity contribution >= 4 is 50.1 Å². The molecule has 1 heterocycles. The molecule has 3 nitrogen and oxygen atoms in total.